The molecule has 0 aliphatic carbocycles. The third-order valence-electron chi connectivity index (χ3n) is 2.07. The van der Waals surface area contributed by atoms with Crippen LogP contribution in [0, 0.1) is 5.82 Å². The van der Waals surface area contributed by atoms with Gasteiger partial charge in [-0.1, -0.05) is 0 Å². The van der Waals surface area contributed by atoms with Crippen molar-refractivity contribution >= 4 is 5.69 Å². The van der Waals surface area contributed by atoms with Gasteiger partial charge in [0.2, 0.25) is 0 Å². The first-order valence-electron chi connectivity index (χ1n) is 4.29. The Balaban J connectivity index is 2.14. The van der Waals surface area contributed by atoms with Gasteiger partial charge in [0.05, 0.1) is 31.3 Å². The predicted molar refractivity (Wildman–Crippen MR) is 47.2 cm³/mol. The van der Waals surface area contributed by atoms with Crippen molar-refractivity contribution in [3.63, 3.8) is 0 Å². The molecule has 1 fully saturated rings. The van der Waals surface area contributed by atoms with Gasteiger partial charge in [-0.3, -0.25) is 4.98 Å². The molecule has 0 saturated carbocycles. The van der Waals surface area contributed by atoms with Crippen LogP contribution in [0.2, 0.25) is 0 Å². The Labute approximate surface area is 76.1 Å². The van der Waals surface area contributed by atoms with Crippen LogP contribution in [0.5, 0.6) is 0 Å². The maximum atomic E-state index is 12.8. The van der Waals surface area contributed by atoms with Crippen molar-refractivity contribution in [3.05, 3.63) is 24.3 Å². The zero-order chi connectivity index (χ0) is 9.10. The van der Waals surface area contributed by atoms with Crippen LogP contribution in [0.25, 0.3) is 0 Å². The Hall–Kier alpha value is -1.16. The van der Waals surface area contributed by atoms with E-state index in [1.54, 1.807) is 6.20 Å². The van der Waals surface area contributed by atoms with Crippen molar-refractivity contribution in [2.75, 3.05) is 31.2 Å². The summed E-state index contributed by atoms with van der Waals surface area (Å²) in [5, 5.41) is 0. The lowest BCUT2D eigenvalue weighted by Crippen LogP contribution is -2.36. The third kappa shape index (κ3) is 1.95. The topological polar surface area (TPSA) is 25.4 Å². The zero-order valence-electron chi connectivity index (χ0n) is 7.24. The molecule has 1 aromatic heterocycles. The molecule has 0 bridgehead atoms. The maximum absolute atomic E-state index is 12.8. The van der Waals surface area contributed by atoms with Gasteiger partial charge in [-0.2, -0.15) is 0 Å². The van der Waals surface area contributed by atoms with Crippen molar-refractivity contribution in [2.45, 2.75) is 0 Å². The van der Waals surface area contributed by atoms with Crippen LogP contribution in [-0.4, -0.2) is 31.3 Å². The smallest absolute Gasteiger partial charge is 0.143 e. The average Bonchev–Trinajstić information content (AvgIpc) is 2.19. The summed E-state index contributed by atoms with van der Waals surface area (Å²) in [7, 11) is 0. The SMILES string of the molecule is Fc1cncc(N2CCOCC2)c1. The highest BCUT2D eigenvalue weighted by Gasteiger charge is 2.11. The quantitative estimate of drug-likeness (QED) is 0.649. The highest BCUT2D eigenvalue weighted by molar-refractivity contribution is 5.44. The van der Waals surface area contributed by atoms with Gasteiger partial charge in [0.1, 0.15) is 5.82 Å². The molecule has 0 radical (unpaired) electrons. The minimum atomic E-state index is -0.288. The molecule has 70 valence electrons. The van der Waals surface area contributed by atoms with E-state index in [9.17, 15) is 4.39 Å². The van der Waals surface area contributed by atoms with Crippen molar-refractivity contribution in [3.8, 4) is 0 Å². The summed E-state index contributed by atoms with van der Waals surface area (Å²) < 4.78 is 18.0. The summed E-state index contributed by atoms with van der Waals surface area (Å²) in [5.74, 6) is -0.288. The molecule has 2 heterocycles. The third-order valence-corrected chi connectivity index (χ3v) is 2.07. The molecule has 0 aromatic carbocycles. The average molecular weight is 182 g/mol. The molecule has 0 amide bonds. The summed E-state index contributed by atoms with van der Waals surface area (Å²) in [5.41, 5.74) is 0.836. The van der Waals surface area contributed by atoms with E-state index in [2.05, 4.69) is 9.88 Å². The molecule has 3 nitrogen and oxygen atoms in total. The van der Waals surface area contributed by atoms with Crippen molar-refractivity contribution in [1.29, 1.82) is 0 Å². The highest BCUT2D eigenvalue weighted by Crippen LogP contribution is 2.14. The number of morpholine rings is 1. The van der Waals surface area contributed by atoms with Crippen molar-refractivity contribution in [1.82, 2.24) is 4.98 Å². The molecule has 4 heteroatoms. The minimum absolute atomic E-state index is 0.288. The molecule has 1 aliphatic heterocycles. The normalized spacial score (nSPS) is 17.5. The maximum Gasteiger partial charge on any atom is 0.143 e. The summed E-state index contributed by atoms with van der Waals surface area (Å²) in [6.07, 6.45) is 2.89. The Morgan fingerprint density at radius 2 is 2.08 bits per heavy atom. The molecule has 0 atom stereocenters. The first-order chi connectivity index (χ1) is 6.36. The minimum Gasteiger partial charge on any atom is -0.378 e. The lowest BCUT2D eigenvalue weighted by Gasteiger charge is -2.28. The Kier molecular flexibility index (Phi) is 2.40. The van der Waals surface area contributed by atoms with Gasteiger partial charge in [-0.05, 0) is 0 Å². The van der Waals surface area contributed by atoms with Crippen molar-refractivity contribution < 1.29 is 9.13 Å². The van der Waals surface area contributed by atoms with Gasteiger partial charge in [0.15, 0.2) is 0 Å². The van der Waals surface area contributed by atoms with Crippen LogP contribution in [-0.2, 0) is 4.74 Å². The van der Waals surface area contributed by atoms with Gasteiger partial charge < -0.3 is 9.64 Å². The van der Waals surface area contributed by atoms with Crippen LogP contribution in [0.4, 0.5) is 10.1 Å². The number of nitrogens with zero attached hydrogens (tertiary/aromatic N) is 2. The van der Waals surface area contributed by atoms with Crippen LogP contribution in [0.3, 0.4) is 0 Å². The predicted octanol–water partition coefficient (Wildman–Crippen LogP) is 1.06. The summed E-state index contributed by atoms with van der Waals surface area (Å²) in [6.45, 7) is 3.03. The standard InChI is InChI=1S/C9H11FN2O/c10-8-5-9(7-11-6-8)12-1-3-13-4-2-12/h5-7H,1-4H2. The van der Waals surface area contributed by atoms with E-state index in [4.69, 9.17) is 4.74 Å². The molecule has 1 aliphatic rings. The van der Waals surface area contributed by atoms with E-state index < -0.39 is 0 Å². The number of aromatic nitrogens is 1. The van der Waals surface area contributed by atoms with Crippen LogP contribution < -0.4 is 4.90 Å². The molecule has 0 spiro atoms. The van der Waals surface area contributed by atoms with Crippen LogP contribution >= 0.6 is 0 Å². The molecular formula is C9H11FN2O. The molecule has 0 N–H and O–H groups in total. The second kappa shape index (κ2) is 3.70. The fourth-order valence-corrected chi connectivity index (χ4v) is 1.40. The largest absolute Gasteiger partial charge is 0.378 e. The number of ether oxygens (including phenoxy) is 1. The fraction of sp³-hybridized carbons (Fsp3) is 0.444. The number of halogens is 1. The second-order valence-electron chi connectivity index (χ2n) is 2.96. The first-order valence-corrected chi connectivity index (χ1v) is 4.29. The summed E-state index contributed by atoms with van der Waals surface area (Å²) in [6, 6.07) is 1.50. The van der Waals surface area contributed by atoms with Gasteiger partial charge in [0, 0.05) is 19.2 Å². The van der Waals surface area contributed by atoms with E-state index in [1.165, 1.54) is 12.3 Å². The fourth-order valence-electron chi connectivity index (χ4n) is 1.40. The Bertz CT molecular complexity index is 287. The number of hydrogen-bond donors (Lipinski definition) is 0. The second-order valence-corrected chi connectivity index (χ2v) is 2.96. The Morgan fingerprint density at radius 3 is 2.77 bits per heavy atom. The molecule has 0 unspecified atom stereocenters. The lowest BCUT2D eigenvalue weighted by atomic mass is 10.3. The van der Waals surface area contributed by atoms with E-state index in [-0.39, 0.29) is 5.82 Å². The van der Waals surface area contributed by atoms with Gasteiger partial charge in [-0.15, -0.1) is 0 Å². The van der Waals surface area contributed by atoms with Crippen LogP contribution in [0.15, 0.2) is 18.5 Å². The Morgan fingerprint density at radius 1 is 1.31 bits per heavy atom. The molecule has 1 aromatic rings. The lowest BCUT2D eigenvalue weighted by molar-refractivity contribution is 0.122. The van der Waals surface area contributed by atoms with Gasteiger partial charge in [-0.25, -0.2) is 4.39 Å². The number of hydrogen-bond acceptors (Lipinski definition) is 3. The molecule has 1 saturated heterocycles. The zero-order valence-corrected chi connectivity index (χ0v) is 7.24. The molecule has 2 rings (SSSR count). The summed E-state index contributed by atoms with van der Waals surface area (Å²) in [4.78, 5) is 5.87. The number of rotatable bonds is 1. The molecular weight excluding hydrogens is 171 g/mol. The van der Waals surface area contributed by atoms with E-state index in [0.29, 0.717) is 13.2 Å². The number of pyridine rings is 1. The van der Waals surface area contributed by atoms with E-state index in [0.717, 1.165) is 18.8 Å². The van der Waals surface area contributed by atoms with Crippen molar-refractivity contribution in [2.24, 2.45) is 0 Å². The van der Waals surface area contributed by atoms with Gasteiger partial charge >= 0.3 is 0 Å². The molecule has 13 heavy (non-hydrogen) atoms. The highest BCUT2D eigenvalue weighted by atomic mass is 19.1. The van der Waals surface area contributed by atoms with E-state index in [1.807, 2.05) is 0 Å². The monoisotopic (exact) mass is 182 g/mol. The first kappa shape index (κ1) is 8.44. The van der Waals surface area contributed by atoms with Gasteiger partial charge in [0.25, 0.3) is 0 Å². The number of anilines is 1. The summed E-state index contributed by atoms with van der Waals surface area (Å²) >= 11 is 0. The van der Waals surface area contributed by atoms with Crippen LogP contribution in [0.1, 0.15) is 0 Å². The van der Waals surface area contributed by atoms with E-state index >= 15 is 0 Å².